The van der Waals surface area contributed by atoms with Crippen LogP contribution in [0, 0.1) is 17.1 Å². The number of halogens is 3. The second-order valence-corrected chi connectivity index (χ2v) is 11.2. The van der Waals surface area contributed by atoms with Gasteiger partial charge in [0.2, 0.25) is 17.7 Å². The summed E-state index contributed by atoms with van der Waals surface area (Å²) in [5.41, 5.74) is 1.85. The number of ketones is 1. The fraction of sp³-hybridized carbons (Fsp3) is 0.250. The highest BCUT2D eigenvalue weighted by Crippen LogP contribution is 2.30. The zero-order chi connectivity index (χ0) is 33.4. The predicted octanol–water partition coefficient (Wildman–Crippen LogP) is 4.70. The van der Waals surface area contributed by atoms with Gasteiger partial charge in [-0.05, 0) is 41.8 Å². The first-order valence-corrected chi connectivity index (χ1v) is 14.8. The van der Waals surface area contributed by atoms with Crippen LogP contribution in [-0.2, 0) is 27.3 Å². The topological polar surface area (TPSA) is 169 Å². The number of nitrogens with zero attached hydrogens (tertiary/aromatic N) is 2. The lowest BCUT2D eigenvalue weighted by Crippen LogP contribution is -2.56. The molecule has 46 heavy (non-hydrogen) atoms. The van der Waals surface area contributed by atoms with E-state index in [1.54, 1.807) is 48.5 Å². The molecule has 4 N–H and O–H groups in total. The average Bonchev–Trinajstić information content (AvgIpc) is 3.05. The summed E-state index contributed by atoms with van der Waals surface area (Å²) in [6.07, 6.45) is -1.85. The SMILES string of the molecule is N#Cc1ccc2c(c1)CN(C(=O)CCC(=O)c1ccccc1)C(C(=O)NC(CCNC(=O)O)C(=O)Nc1ccc(Cl)c(Cl)c1F)C2. The van der Waals surface area contributed by atoms with Crippen LogP contribution in [-0.4, -0.2) is 58.2 Å². The van der Waals surface area contributed by atoms with Crippen molar-refractivity contribution in [2.45, 2.75) is 44.3 Å². The number of carboxylic acid groups (broad SMARTS) is 1. The lowest BCUT2D eigenvalue weighted by molar-refractivity contribution is -0.142. The first-order chi connectivity index (χ1) is 22.0. The smallest absolute Gasteiger partial charge is 0.404 e. The highest BCUT2D eigenvalue weighted by atomic mass is 35.5. The molecule has 0 saturated carbocycles. The minimum atomic E-state index is -1.37. The molecule has 0 bridgehead atoms. The molecule has 3 aromatic rings. The van der Waals surface area contributed by atoms with Gasteiger partial charge in [0.25, 0.3) is 0 Å². The Kier molecular flexibility index (Phi) is 11.3. The first kappa shape index (κ1) is 33.9. The van der Waals surface area contributed by atoms with E-state index >= 15 is 0 Å². The van der Waals surface area contributed by atoms with Crippen molar-refractivity contribution in [2.75, 3.05) is 11.9 Å². The molecule has 14 heteroatoms. The van der Waals surface area contributed by atoms with Crippen LogP contribution in [0.3, 0.4) is 0 Å². The van der Waals surface area contributed by atoms with Gasteiger partial charge in [-0.15, -0.1) is 0 Å². The molecule has 0 fully saturated rings. The quantitative estimate of drug-likeness (QED) is 0.170. The Balaban J connectivity index is 1.57. The number of carbonyl (C=O) groups excluding carboxylic acids is 4. The van der Waals surface area contributed by atoms with Gasteiger partial charge < -0.3 is 26.0 Å². The Labute approximate surface area is 273 Å². The molecule has 238 valence electrons. The maximum Gasteiger partial charge on any atom is 0.404 e. The number of fused-ring (bicyclic) bond motifs is 1. The number of carbonyl (C=O) groups is 5. The second-order valence-electron chi connectivity index (χ2n) is 10.4. The van der Waals surface area contributed by atoms with Gasteiger partial charge in [0.1, 0.15) is 12.1 Å². The molecule has 0 aliphatic carbocycles. The van der Waals surface area contributed by atoms with Crippen molar-refractivity contribution in [3.8, 4) is 6.07 Å². The van der Waals surface area contributed by atoms with Crippen molar-refractivity contribution < 1.29 is 33.5 Å². The van der Waals surface area contributed by atoms with Gasteiger partial charge in [-0.2, -0.15) is 5.26 Å². The Morgan fingerprint density at radius 1 is 1.02 bits per heavy atom. The first-order valence-electron chi connectivity index (χ1n) is 14.1. The van der Waals surface area contributed by atoms with E-state index in [4.69, 9.17) is 28.3 Å². The van der Waals surface area contributed by atoms with Gasteiger partial charge in [0, 0.05) is 37.9 Å². The number of nitriles is 1. The van der Waals surface area contributed by atoms with Crippen molar-refractivity contribution in [2.24, 2.45) is 0 Å². The van der Waals surface area contributed by atoms with E-state index in [1.807, 2.05) is 6.07 Å². The average molecular weight is 669 g/mol. The standard InChI is InChI=1S/C32H28Cl2FN5O6/c33-22-8-9-23(29(35)28(22)34)38-30(43)24(12-13-37-32(45)46)39-31(44)25-15-20-7-6-18(16-36)14-21(20)17-40(25)27(42)11-10-26(41)19-4-2-1-3-5-19/h1-9,14,24-25,37H,10-13,15,17H2,(H,38,43)(H,39,44)(H,45,46). The number of hydrogen-bond donors (Lipinski definition) is 4. The van der Waals surface area contributed by atoms with Gasteiger partial charge in [0.15, 0.2) is 11.6 Å². The Morgan fingerprint density at radius 3 is 2.46 bits per heavy atom. The van der Waals surface area contributed by atoms with Gasteiger partial charge in [-0.3, -0.25) is 19.2 Å². The molecule has 4 amide bonds. The minimum Gasteiger partial charge on any atom is -0.465 e. The molecule has 2 unspecified atom stereocenters. The Morgan fingerprint density at radius 2 is 1.76 bits per heavy atom. The van der Waals surface area contributed by atoms with E-state index in [0.29, 0.717) is 22.3 Å². The molecule has 2 atom stereocenters. The van der Waals surface area contributed by atoms with Gasteiger partial charge >= 0.3 is 6.09 Å². The molecular formula is C32H28Cl2FN5O6. The van der Waals surface area contributed by atoms with Crippen LogP contribution in [0.15, 0.2) is 60.7 Å². The highest BCUT2D eigenvalue weighted by Gasteiger charge is 2.36. The second kappa shape index (κ2) is 15.3. The maximum atomic E-state index is 14.7. The molecule has 4 rings (SSSR count). The molecule has 11 nitrogen and oxygen atoms in total. The van der Waals surface area contributed by atoms with Crippen molar-refractivity contribution in [1.82, 2.24) is 15.5 Å². The van der Waals surface area contributed by atoms with Crippen LogP contribution in [0.1, 0.15) is 46.3 Å². The summed E-state index contributed by atoms with van der Waals surface area (Å²) in [4.78, 5) is 65.6. The number of benzene rings is 3. The highest BCUT2D eigenvalue weighted by molar-refractivity contribution is 6.42. The molecule has 0 aromatic heterocycles. The zero-order valence-corrected chi connectivity index (χ0v) is 25.7. The Bertz CT molecular complexity index is 1710. The molecule has 0 spiro atoms. The van der Waals surface area contributed by atoms with E-state index in [9.17, 15) is 33.6 Å². The summed E-state index contributed by atoms with van der Waals surface area (Å²) < 4.78 is 14.7. The van der Waals surface area contributed by atoms with Gasteiger partial charge in [-0.1, -0.05) is 59.6 Å². The maximum absolute atomic E-state index is 14.7. The third-order valence-corrected chi connectivity index (χ3v) is 8.17. The normalized spacial score (nSPS) is 14.3. The van der Waals surface area contributed by atoms with Crippen LogP contribution in [0.4, 0.5) is 14.9 Å². The third kappa shape index (κ3) is 8.38. The molecule has 0 radical (unpaired) electrons. The van der Waals surface area contributed by atoms with E-state index < -0.39 is 46.7 Å². The molecule has 0 saturated heterocycles. The number of rotatable bonds is 11. The number of amides is 4. The van der Waals surface area contributed by atoms with Crippen LogP contribution in [0.2, 0.25) is 10.0 Å². The van der Waals surface area contributed by atoms with E-state index in [1.165, 1.54) is 17.0 Å². The Hall–Kier alpha value is -4.99. The fourth-order valence-electron chi connectivity index (χ4n) is 4.99. The summed E-state index contributed by atoms with van der Waals surface area (Å²) in [6.45, 7) is -0.278. The van der Waals surface area contributed by atoms with E-state index in [2.05, 4.69) is 16.0 Å². The summed E-state index contributed by atoms with van der Waals surface area (Å²) in [6, 6.07) is 15.4. The van der Waals surface area contributed by atoms with Crippen molar-refractivity contribution in [1.29, 1.82) is 5.26 Å². The fourth-order valence-corrected chi connectivity index (χ4v) is 5.30. The van der Waals surface area contributed by atoms with Crippen LogP contribution in [0.5, 0.6) is 0 Å². The number of Topliss-reactive ketones (excluding diaryl/α,β-unsaturated/α-hetero) is 1. The molecule has 1 aliphatic heterocycles. The van der Waals surface area contributed by atoms with Gasteiger partial charge in [-0.25, -0.2) is 9.18 Å². The molecule has 3 aromatic carbocycles. The summed E-state index contributed by atoms with van der Waals surface area (Å²) in [7, 11) is 0. The lowest BCUT2D eigenvalue weighted by atomic mass is 9.91. The number of hydrogen-bond acceptors (Lipinski definition) is 6. The van der Waals surface area contributed by atoms with Crippen LogP contribution in [0.25, 0.3) is 0 Å². The van der Waals surface area contributed by atoms with Gasteiger partial charge in [0.05, 0.1) is 27.4 Å². The zero-order valence-electron chi connectivity index (χ0n) is 24.2. The van der Waals surface area contributed by atoms with E-state index in [-0.39, 0.29) is 55.3 Å². The number of anilines is 1. The van der Waals surface area contributed by atoms with E-state index in [0.717, 1.165) is 0 Å². The third-order valence-electron chi connectivity index (χ3n) is 7.39. The van der Waals surface area contributed by atoms with Crippen molar-refractivity contribution in [3.05, 3.63) is 98.8 Å². The van der Waals surface area contributed by atoms with Crippen molar-refractivity contribution >= 4 is 58.5 Å². The summed E-state index contributed by atoms with van der Waals surface area (Å²) >= 11 is 11.7. The summed E-state index contributed by atoms with van der Waals surface area (Å²) in [5, 5.41) is 24.9. The number of nitrogens with one attached hydrogen (secondary N) is 3. The summed E-state index contributed by atoms with van der Waals surface area (Å²) in [5.74, 6) is -3.36. The molecule has 1 heterocycles. The molecular weight excluding hydrogens is 640 g/mol. The molecule has 1 aliphatic rings. The van der Waals surface area contributed by atoms with Crippen molar-refractivity contribution in [3.63, 3.8) is 0 Å². The monoisotopic (exact) mass is 667 g/mol. The van der Waals surface area contributed by atoms with Crippen LogP contribution >= 0.6 is 23.2 Å². The largest absolute Gasteiger partial charge is 0.465 e. The van der Waals surface area contributed by atoms with Crippen LogP contribution < -0.4 is 16.0 Å². The lowest BCUT2D eigenvalue weighted by Gasteiger charge is -2.37. The predicted molar refractivity (Wildman–Crippen MR) is 167 cm³/mol. The minimum absolute atomic E-state index is 0.0345.